The number of aromatic nitrogens is 2. The molecule has 1 aromatic heterocycles. The molecule has 2 aliphatic rings. The second-order valence-corrected chi connectivity index (χ2v) is 5.78. The summed E-state index contributed by atoms with van der Waals surface area (Å²) in [6.07, 6.45) is 0.360. The van der Waals surface area contributed by atoms with Crippen LogP contribution in [0.25, 0.3) is 11.0 Å². The molecule has 2 saturated heterocycles. The van der Waals surface area contributed by atoms with Crippen molar-refractivity contribution in [3.63, 3.8) is 0 Å². The summed E-state index contributed by atoms with van der Waals surface area (Å²) in [5.41, 5.74) is 3.31. The number of rotatable bonds is 2. The second-order valence-electron chi connectivity index (χ2n) is 5.25. The normalized spacial score (nSPS) is 25.1. The summed E-state index contributed by atoms with van der Waals surface area (Å²) in [5.74, 6) is 0. The Hall–Kier alpha value is -0.500. The van der Waals surface area contributed by atoms with Crippen LogP contribution in [0, 0.1) is 0 Å². The summed E-state index contributed by atoms with van der Waals surface area (Å²) < 4.78 is 14.3. The maximum atomic E-state index is 5.80. The van der Waals surface area contributed by atoms with Crippen molar-refractivity contribution < 1.29 is 4.74 Å². The first-order chi connectivity index (χ1) is 9.38. The molecule has 0 aliphatic carbocycles. The molecule has 0 saturated carbocycles. The smallest absolute Gasteiger partial charge is 0.105 e. The topological polar surface area (TPSA) is 50.3 Å². The van der Waals surface area contributed by atoms with Gasteiger partial charge < -0.3 is 10.1 Å². The maximum absolute atomic E-state index is 5.80. The number of likely N-dealkylation sites (tertiary alicyclic amines) is 1. The molecule has 0 bridgehead atoms. The van der Waals surface area contributed by atoms with E-state index < -0.39 is 0 Å². The highest BCUT2D eigenvalue weighted by molar-refractivity contribution is 7.00. The van der Waals surface area contributed by atoms with Gasteiger partial charge in [0.15, 0.2) is 0 Å². The molecule has 8 heteroatoms. The van der Waals surface area contributed by atoms with E-state index in [0.717, 1.165) is 43.8 Å². The van der Waals surface area contributed by atoms with E-state index in [9.17, 15) is 0 Å². The van der Waals surface area contributed by atoms with Gasteiger partial charge in [-0.05, 0) is 17.7 Å². The van der Waals surface area contributed by atoms with Gasteiger partial charge >= 0.3 is 0 Å². The summed E-state index contributed by atoms with van der Waals surface area (Å²) in [6.45, 7) is 4.87. The number of morpholine rings is 1. The van der Waals surface area contributed by atoms with E-state index in [4.69, 9.17) is 4.74 Å². The van der Waals surface area contributed by atoms with Crippen LogP contribution in [0.1, 0.15) is 5.56 Å². The largest absolute Gasteiger partial charge is 0.374 e. The number of nitrogens with zero attached hydrogens (tertiary/aromatic N) is 3. The van der Waals surface area contributed by atoms with Crippen molar-refractivity contribution in [2.24, 2.45) is 0 Å². The van der Waals surface area contributed by atoms with E-state index >= 15 is 0 Å². The molecule has 5 nitrogen and oxygen atoms in total. The summed E-state index contributed by atoms with van der Waals surface area (Å²) in [5, 5.41) is 3.53. The van der Waals surface area contributed by atoms with Crippen molar-refractivity contribution in [1.82, 2.24) is 19.0 Å². The van der Waals surface area contributed by atoms with Crippen LogP contribution in [-0.2, 0) is 11.3 Å². The molecule has 21 heavy (non-hydrogen) atoms. The zero-order chi connectivity index (χ0) is 12.7. The van der Waals surface area contributed by atoms with Crippen molar-refractivity contribution in [2.75, 3.05) is 26.2 Å². The van der Waals surface area contributed by atoms with Crippen LogP contribution in [-0.4, -0.2) is 52.0 Å². The minimum Gasteiger partial charge on any atom is -0.374 e. The van der Waals surface area contributed by atoms with E-state index in [-0.39, 0.29) is 24.8 Å². The van der Waals surface area contributed by atoms with Crippen LogP contribution in [0.4, 0.5) is 0 Å². The van der Waals surface area contributed by atoms with E-state index in [1.165, 1.54) is 17.3 Å². The van der Waals surface area contributed by atoms with Gasteiger partial charge in [-0.15, -0.1) is 24.8 Å². The predicted molar refractivity (Wildman–Crippen MR) is 88.7 cm³/mol. The Morgan fingerprint density at radius 3 is 2.95 bits per heavy atom. The fraction of sp³-hybridized carbons (Fsp3) is 0.538. The minimum atomic E-state index is 0. The van der Waals surface area contributed by atoms with E-state index in [2.05, 4.69) is 37.2 Å². The van der Waals surface area contributed by atoms with E-state index in [1.54, 1.807) is 0 Å². The van der Waals surface area contributed by atoms with Gasteiger partial charge in [0.2, 0.25) is 0 Å². The third-order valence-electron chi connectivity index (χ3n) is 3.91. The van der Waals surface area contributed by atoms with Crippen LogP contribution in [0.5, 0.6) is 0 Å². The van der Waals surface area contributed by atoms with Crippen molar-refractivity contribution in [2.45, 2.75) is 18.7 Å². The highest BCUT2D eigenvalue weighted by Crippen LogP contribution is 2.20. The molecule has 4 rings (SSSR count). The lowest BCUT2D eigenvalue weighted by Crippen LogP contribution is -2.47. The zero-order valence-electron chi connectivity index (χ0n) is 11.4. The van der Waals surface area contributed by atoms with Gasteiger partial charge in [0.25, 0.3) is 0 Å². The minimum absolute atomic E-state index is 0. The van der Waals surface area contributed by atoms with Crippen molar-refractivity contribution in [3.05, 3.63) is 23.8 Å². The number of fused-ring (bicyclic) bond motifs is 2. The molecule has 2 aromatic rings. The molecule has 0 unspecified atom stereocenters. The molecular weight excluding hydrogens is 331 g/mol. The molecule has 3 heterocycles. The van der Waals surface area contributed by atoms with Crippen LogP contribution in [0.15, 0.2) is 18.2 Å². The zero-order valence-corrected chi connectivity index (χ0v) is 13.8. The quantitative estimate of drug-likeness (QED) is 0.895. The fourth-order valence-electron chi connectivity index (χ4n) is 2.98. The lowest BCUT2D eigenvalue weighted by Gasteiger charge is -2.25. The van der Waals surface area contributed by atoms with E-state index in [1.807, 2.05) is 0 Å². The summed E-state index contributed by atoms with van der Waals surface area (Å²) in [7, 11) is 0. The molecule has 1 aromatic carbocycles. The Labute approximate surface area is 140 Å². The third-order valence-corrected chi connectivity index (χ3v) is 4.46. The van der Waals surface area contributed by atoms with Gasteiger partial charge in [0.05, 0.1) is 24.4 Å². The van der Waals surface area contributed by atoms with Gasteiger partial charge in [0.1, 0.15) is 11.0 Å². The summed E-state index contributed by atoms with van der Waals surface area (Å²) >= 11 is 1.28. The standard InChI is InChI=1S/C13H16N4OS.2ClH/c1-2-10-11(16-19-15-10)5-9(1)6-17-7-12-13(8-17)18-4-3-14-12;;/h1-2,5,12-14H,3-4,6-8H2;2*1H/t12-,13-;;/m0../s1. The van der Waals surface area contributed by atoms with Crippen molar-refractivity contribution in [1.29, 1.82) is 0 Å². The molecule has 2 fully saturated rings. The van der Waals surface area contributed by atoms with Gasteiger partial charge in [-0.2, -0.15) is 8.75 Å². The third kappa shape index (κ3) is 3.47. The Morgan fingerprint density at radius 1 is 1.24 bits per heavy atom. The molecule has 2 aliphatic heterocycles. The molecule has 116 valence electrons. The summed E-state index contributed by atoms with van der Waals surface area (Å²) in [6, 6.07) is 6.86. The monoisotopic (exact) mass is 348 g/mol. The number of nitrogens with one attached hydrogen (secondary N) is 1. The molecular formula is C13H18Cl2N4OS. The molecule has 0 radical (unpaired) electrons. The number of hydrogen-bond donors (Lipinski definition) is 1. The molecule has 2 atom stereocenters. The van der Waals surface area contributed by atoms with Gasteiger partial charge in [-0.25, -0.2) is 0 Å². The first-order valence-corrected chi connectivity index (χ1v) is 7.40. The van der Waals surface area contributed by atoms with Gasteiger partial charge in [-0.3, -0.25) is 4.90 Å². The molecule has 0 spiro atoms. The Morgan fingerprint density at radius 2 is 2.10 bits per heavy atom. The lowest BCUT2D eigenvalue weighted by molar-refractivity contribution is 0.0175. The van der Waals surface area contributed by atoms with Crippen LogP contribution >= 0.6 is 36.5 Å². The Kier molecular flexibility index (Phi) is 5.76. The highest BCUT2D eigenvalue weighted by atomic mass is 35.5. The fourth-order valence-corrected chi connectivity index (χ4v) is 3.50. The molecule has 1 N–H and O–H groups in total. The van der Waals surface area contributed by atoms with Crippen molar-refractivity contribution in [3.8, 4) is 0 Å². The van der Waals surface area contributed by atoms with Gasteiger partial charge in [0, 0.05) is 32.2 Å². The first kappa shape index (κ1) is 16.9. The molecule has 0 amide bonds. The first-order valence-electron chi connectivity index (χ1n) is 6.67. The Balaban J connectivity index is 0.000000807. The number of ether oxygens (including phenoxy) is 1. The van der Waals surface area contributed by atoms with Crippen molar-refractivity contribution >= 4 is 47.6 Å². The Bertz CT molecular complexity index is 582. The number of benzene rings is 1. The number of hydrogen-bond acceptors (Lipinski definition) is 6. The SMILES string of the molecule is Cl.Cl.c1cc2nsnc2cc1CN1C[C@@H]2NCCO[C@H]2C1. The average Bonchev–Trinajstić information content (AvgIpc) is 3.03. The average molecular weight is 349 g/mol. The summed E-state index contributed by atoms with van der Waals surface area (Å²) in [4.78, 5) is 2.45. The van der Waals surface area contributed by atoms with E-state index in [0.29, 0.717) is 12.1 Å². The lowest BCUT2D eigenvalue weighted by atomic mass is 10.2. The van der Waals surface area contributed by atoms with Crippen LogP contribution in [0.2, 0.25) is 0 Å². The highest BCUT2D eigenvalue weighted by Gasteiger charge is 2.35. The van der Waals surface area contributed by atoms with Crippen LogP contribution in [0.3, 0.4) is 0 Å². The van der Waals surface area contributed by atoms with Gasteiger partial charge in [-0.1, -0.05) is 6.07 Å². The number of halogens is 2. The second kappa shape index (κ2) is 7.17. The van der Waals surface area contributed by atoms with Crippen LogP contribution < -0.4 is 5.32 Å². The maximum Gasteiger partial charge on any atom is 0.105 e. The predicted octanol–water partition coefficient (Wildman–Crippen LogP) is 1.71.